The molecule has 0 unspecified atom stereocenters. The molecule has 0 radical (unpaired) electrons. The first-order valence-corrected chi connectivity index (χ1v) is 7.93. The van der Waals surface area contributed by atoms with Crippen molar-refractivity contribution >= 4 is 0 Å². The summed E-state index contributed by atoms with van der Waals surface area (Å²) in [5, 5.41) is 0. The lowest BCUT2D eigenvalue weighted by molar-refractivity contribution is 0.0381. The summed E-state index contributed by atoms with van der Waals surface area (Å²) in [4.78, 5) is 6.96. The molecule has 1 aliphatic heterocycles. The van der Waals surface area contributed by atoms with Crippen LogP contribution in [0.1, 0.15) is 17.0 Å². The third-order valence-electron chi connectivity index (χ3n) is 4.17. The minimum Gasteiger partial charge on any atom is -0.379 e. The molecule has 0 spiro atoms. The summed E-state index contributed by atoms with van der Waals surface area (Å²) >= 11 is 0. The second-order valence-electron chi connectivity index (χ2n) is 5.70. The molecule has 1 aromatic heterocycles. The van der Waals surface area contributed by atoms with Crippen molar-refractivity contribution in [2.45, 2.75) is 19.5 Å². The van der Waals surface area contributed by atoms with Crippen LogP contribution in [0.15, 0.2) is 36.7 Å². The summed E-state index contributed by atoms with van der Waals surface area (Å²) in [6, 6.07) is 8.49. The van der Waals surface area contributed by atoms with Crippen molar-refractivity contribution in [1.82, 2.24) is 14.5 Å². The molecule has 5 nitrogen and oxygen atoms in total. The van der Waals surface area contributed by atoms with Gasteiger partial charge in [-0.05, 0) is 11.1 Å². The van der Waals surface area contributed by atoms with Gasteiger partial charge in [0.1, 0.15) is 5.82 Å². The maximum atomic E-state index is 5.64. The van der Waals surface area contributed by atoms with Crippen LogP contribution in [-0.4, -0.2) is 47.3 Å². The van der Waals surface area contributed by atoms with E-state index in [1.807, 2.05) is 6.20 Å². The van der Waals surface area contributed by atoms with Gasteiger partial charge >= 0.3 is 0 Å². The number of benzene rings is 1. The first kappa shape index (κ1) is 15.2. The number of aromatic nitrogens is 2. The predicted molar refractivity (Wildman–Crippen MR) is 86.6 cm³/mol. The lowest BCUT2D eigenvalue weighted by atomic mass is 10.1. The Morgan fingerprint density at radius 1 is 1.09 bits per heavy atom. The quantitative estimate of drug-likeness (QED) is 0.873. The summed E-state index contributed by atoms with van der Waals surface area (Å²) in [5.41, 5.74) is 8.09. The molecule has 2 aromatic rings. The summed E-state index contributed by atoms with van der Waals surface area (Å²) in [5.74, 6) is 1.15. The van der Waals surface area contributed by atoms with E-state index in [1.54, 1.807) is 0 Å². The first-order valence-electron chi connectivity index (χ1n) is 7.93. The molecule has 1 aromatic carbocycles. The van der Waals surface area contributed by atoms with Crippen LogP contribution in [0, 0.1) is 0 Å². The number of morpholine rings is 1. The highest BCUT2D eigenvalue weighted by Crippen LogP contribution is 2.09. The average molecular weight is 300 g/mol. The molecule has 22 heavy (non-hydrogen) atoms. The molecule has 2 heterocycles. The number of imidazole rings is 1. The van der Waals surface area contributed by atoms with E-state index < -0.39 is 0 Å². The first-order chi connectivity index (χ1) is 10.8. The van der Waals surface area contributed by atoms with Crippen LogP contribution < -0.4 is 5.73 Å². The summed E-state index contributed by atoms with van der Waals surface area (Å²) < 4.78 is 7.62. The van der Waals surface area contributed by atoms with Crippen LogP contribution in [-0.2, 0) is 24.2 Å². The predicted octanol–water partition coefficient (Wildman–Crippen LogP) is 1.26. The third kappa shape index (κ3) is 3.94. The van der Waals surface area contributed by atoms with E-state index in [9.17, 15) is 0 Å². The van der Waals surface area contributed by atoms with E-state index in [2.05, 4.69) is 44.9 Å². The normalized spacial score (nSPS) is 16.0. The van der Waals surface area contributed by atoms with Gasteiger partial charge in [-0.1, -0.05) is 24.3 Å². The summed E-state index contributed by atoms with van der Waals surface area (Å²) in [7, 11) is 0. The van der Waals surface area contributed by atoms with Crippen LogP contribution in [0.25, 0.3) is 0 Å². The average Bonchev–Trinajstić information content (AvgIpc) is 3.02. The van der Waals surface area contributed by atoms with Crippen molar-refractivity contribution < 1.29 is 4.74 Å². The van der Waals surface area contributed by atoms with Crippen molar-refractivity contribution in [1.29, 1.82) is 0 Å². The molecule has 118 valence electrons. The number of hydrogen-bond acceptors (Lipinski definition) is 4. The highest BCUT2D eigenvalue weighted by molar-refractivity contribution is 5.22. The van der Waals surface area contributed by atoms with Gasteiger partial charge in [-0.2, -0.15) is 0 Å². The zero-order valence-electron chi connectivity index (χ0n) is 12.9. The molecule has 0 saturated carbocycles. The molecule has 0 amide bonds. The van der Waals surface area contributed by atoms with Crippen LogP contribution in [0.3, 0.4) is 0 Å². The van der Waals surface area contributed by atoms with Gasteiger partial charge in [-0.15, -0.1) is 0 Å². The Labute approximate surface area is 131 Å². The Bertz CT molecular complexity index is 573. The molecule has 3 rings (SSSR count). The SMILES string of the molecule is NCc1ccc(Cn2ccnc2CCN2CCOCC2)cc1. The number of nitrogens with two attached hydrogens (primary N) is 1. The molecular formula is C17H24N4O. The van der Waals surface area contributed by atoms with E-state index in [-0.39, 0.29) is 0 Å². The van der Waals surface area contributed by atoms with Crippen LogP contribution in [0.2, 0.25) is 0 Å². The fraction of sp³-hybridized carbons (Fsp3) is 0.471. The van der Waals surface area contributed by atoms with Crippen LogP contribution in [0.4, 0.5) is 0 Å². The molecule has 0 bridgehead atoms. The molecule has 1 fully saturated rings. The van der Waals surface area contributed by atoms with E-state index in [0.29, 0.717) is 6.54 Å². The second-order valence-corrected chi connectivity index (χ2v) is 5.70. The van der Waals surface area contributed by atoms with E-state index in [4.69, 9.17) is 10.5 Å². The van der Waals surface area contributed by atoms with Crippen LogP contribution >= 0.6 is 0 Å². The standard InChI is InChI=1S/C17H24N4O/c18-13-15-1-3-16(4-2-15)14-21-8-6-19-17(21)5-7-20-9-11-22-12-10-20/h1-4,6,8H,5,7,9-14,18H2. The van der Waals surface area contributed by atoms with Gasteiger partial charge in [0.05, 0.1) is 13.2 Å². The van der Waals surface area contributed by atoms with Gasteiger partial charge in [0.25, 0.3) is 0 Å². The topological polar surface area (TPSA) is 56.3 Å². The van der Waals surface area contributed by atoms with Crippen molar-refractivity contribution in [3.05, 3.63) is 53.6 Å². The summed E-state index contributed by atoms with van der Waals surface area (Å²) in [6.07, 6.45) is 4.93. The van der Waals surface area contributed by atoms with Crippen molar-refractivity contribution in [2.24, 2.45) is 5.73 Å². The molecule has 1 aliphatic rings. The van der Waals surface area contributed by atoms with Gasteiger partial charge in [0.2, 0.25) is 0 Å². The smallest absolute Gasteiger partial charge is 0.110 e. The van der Waals surface area contributed by atoms with Gasteiger partial charge < -0.3 is 15.0 Å². The molecular weight excluding hydrogens is 276 g/mol. The Balaban J connectivity index is 1.58. The highest BCUT2D eigenvalue weighted by atomic mass is 16.5. The van der Waals surface area contributed by atoms with Gasteiger partial charge in [-0.25, -0.2) is 4.98 Å². The minimum atomic E-state index is 0.593. The Hall–Kier alpha value is -1.69. The van der Waals surface area contributed by atoms with Crippen LogP contribution in [0.5, 0.6) is 0 Å². The summed E-state index contributed by atoms with van der Waals surface area (Å²) in [6.45, 7) is 6.26. The lowest BCUT2D eigenvalue weighted by Crippen LogP contribution is -2.37. The maximum absolute atomic E-state index is 5.64. The van der Waals surface area contributed by atoms with E-state index in [1.165, 1.54) is 11.1 Å². The largest absolute Gasteiger partial charge is 0.379 e. The molecule has 0 atom stereocenters. The fourth-order valence-corrected chi connectivity index (χ4v) is 2.77. The van der Waals surface area contributed by atoms with Crippen molar-refractivity contribution in [3.63, 3.8) is 0 Å². The molecule has 0 aliphatic carbocycles. The van der Waals surface area contributed by atoms with Crippen molar-refractivity contribution in [3.8, 4) is 0 Å². The Morgan fingerprint density at radius 3 is 2.55 bits per heavy atom. The van der Waals surface area contributed by atoms with Crippen molar-refractivity contribution in [2.75, 3.05) is 32.8 Å². The number of rotatable bonds is 6. The third-order valence-corrected chi connectivity index (χ3v) is 4.17. The molecule has 5 heteroatoms. The minimum absolute atomic E-state index is 0.593. The second kappa shape index (κ2) is 7.54. The molecule has 2 N–H and O–H groups in total. The van der Waals surface area contributed by atoms with Gasteiger partial charge in [-0.3, -0.25) is 4.90 Å². The number of nitrogens with zero attached hydrogens (tertiary/aromatic N) is 3. The number of hydrogen-bond donors (Lipinski definition) is 1. The fourth-order valence-electron chi connectivity index (χ4n) is 2.77. The number of ether oxygens (including phenoxy) is 1. The van der Waals surface area contributed by atoms with Gasteiger partial charge in [0, 0.05) is 51.5 Å². The zero-order chi connectivity index (χ0) is 15.2. The highest BCUT2D eigenvalue weighted by Gasteiger charge is 2.11. The lowest BCUT2D eigenvalue weighted by Gasteiger charge is -2.26. The van der Waals surface area contributed by atoms with E-state index in [0.717, 1.165) is 51.6 Å². The monoisotopic (exact) mass is 300 g/mol. The maximum Gasteiger partial charge on any atom is 0.110 e. The molecule has 1 saturated heterocycles. The Morgan fingerprint density at radius 2 is 1.82 bits per heavy atom. The van der Waals surface area contributed by atoms with E-state index >= 15 is 0 Å². The zero-order valence-corrected chi connectivity index (χ0v) is 12.9. The van der Waals surface area contributed by atoms with Gasteiger partial charge in [0.15, 0.2) is 0 Å². The Kier molecular flexibility index (Phi) is 5.21.